The molecule has 2 aromatic heterocycles. The molecule has 0 atom stereocenters. The number of carbonyl (C=O) groups is 1. The van der Waals surface area contributed by atoms with Gasteiger partial charge in [-0.3, -0.25) is 14.9 Å². The van der Waals surface area contributed by atoms with Crippen LogP contribution in [0.3, 0.4) is 0 Å². The van der Waals surface area contributed by atoms with Crippen LogP contribution in [0, 0.1) is 24.0 Å². The van der Waals surface area contributed by atoms with E-state index < -0.39 is 4.92 Å². The highest BCUT2D eigenvalue weighted by atomic mass is 16.6. The van der Waals surface area contributed by atoms with E-state index in [9.17, 15) is 14.9 Å². The van der Waals surface area contributed by atoms with E-state index in [1.54, 1.807) is 24.4 Å². The van der Waals surface area contributed by atoms with E-state index in [1.807, 2.05) is 32.0 Å². The van der Waals surface area contributed by atoms with Crippen molar-refractivity contribution < 1.29 is 9.72 Å². The zero-order valence-electron chi connectivity index (χ0n) is 15.8. The molecule has 8 nitrogen and oxygen atoms in total. The van der Waals surface area contributed by atoms with E-state index in [4.69, 9.17) is 0 Å². The van der Waals surface area contributed by atoms with Gasteiger partial charge in [0.1, 0.15) is 5.56 Å². The summed E-state index contributed by atoms with van der Waals surface area (Å²) in [6.07, 6.45) is 3.01. The lowest BCUT2D eigenvalue weighted by Gasteiger charge is -2.10. The third kappa shape index (κ3) is 3.31. The summed E-state index contributed by atoms with van der Waals surface area (Å²) < 4.78 is 1.51. The highest BCUT2D eigenvalue weighted by Gasteiger charge is 2.18. The monoisotopic (exact) mass is 387 g/mol. The smallest absolute Gasteiger partial charge is 0.270 e. The highest BCUT2D eigenvalue weighted by molar-refractivity contribution is 6.08. The Morgan fingerprint density at radius 2 is 1.83 bits per heavy atom. The minimum atomic E-state index is -0.450. The maximum absolute atomic E-state index is 12.9. The number of hydrogen-bond donors (Lipinski definition) is 1. The summed E-state index contributed by atoms with van der Waals surface area (Å²) >= 11 is 0. The molecular formula is C21H17N5O3. The van der Waals surface area contributed by atoms with E-state index in [0.29, 0.717) is 22.5 Å². The molecule has 0 aliphatic heterocycles. The number of carbonyl (C=O) groups excluding carboxylic acids is 1. The molecule has 144 valence electrons. The number of benzene rings is 2. The Morgan fingerprint density at radius 3 is 2.55 bits per heavy atom. The normalized spacial score (nSPS) is 10.8. The molecule has 0 fully saturated rings. The molecule has 0 aliphatic carbocycles. The highest BCUT2D eigenvalue weighted by Crippen LogP contribution is 2.26. The predicted molar refractivity (Wildman–Crippen MR) is 109 cm³/mol. The summed E-state index contributed by atoms with van der Waals surface area (Å²) in [6, 6.07) is 13.7. The average Bonchev–Trinajstić information content (AvgIpc) is 3.15. The van der Waals surface area contributed by atoms with Gasteiger partial charge in [0.05, 0.1) is 16.8 Å². The summed E-state index contributed by atoms with van der Waals surface area (Å²) in [4.78, 5) is 27.8. The van der Waals surface area contributed by atoms with E-state index in [0.717, 1.165) is 16.8 Å². The summed E-state index contributed by atoms with van der Waals surface area (Å²) in [5, 5.41) is 18.3. The Hall–Kier alpha value is -4.07. The quantitative estimate of drug-likeness (QED) is 0.418. The van der Waals surface area contributed by atoms with Crippen LogP contribution in [0.4, 0.5) is 11.4 Å². The fraction of sp³-hybridized carbons (Fsp3) is 0.0952. The molecule has 0 saturated carbocycles. The molecule has 0 radical (unpaired) electrons. The van der Waals surface area contributed by atoms with Gasteiger partial charge in [-0.1, -0.05) is 30.3 Å². The van der Waals surface area contributed by atoms with Gasteiger partial charge in [0.25, 0.3) is 11.6 Å². The van der Waals surface area contributed by atoms with Gasteiger partial charge in [-0.2, -0.15) is 5.10 Å². The standard InChI is InChI=1S/C21H17N5O3/c1-13-5-3-6-14(2)19(13)24-21(27)17-12-23-25-18(9-10-22-20(17)25)15-7-4-8-16(11-15)26(28)29/h3-12H,1-2H3,(H,24,27). The number of nitro groups is 1. The van der Waals surface area contributed by atoms with Crippen LogP contribution in [0.2, 0.25) is 0 Å². The first kappa shape index (κ1) is 18.3. The molecule has 2 aromatic carbocycles. The fourth-order valence-corrected chi connectivity index (χ4v) is 3.24. The number of fused-ring (bicyclic) bond motifs is 1. The van der Waals surface area contributed by atoms with Crippen LogP contribution in [0.15, 0.2) is 60.9 Å². The van der Waals surface area contributed by atoms with Gasteiger partial charge in [0, 0.05) is 29.6 Å². The van der Waals surface area contributed by atoms with Gasteiger partial charge in [0.2, 0.25) is 0 Å². The molecule has 4 aromatic rings. The molecule has 1 N–H and O–H groups in total. The van der Waals surface area contributed by atoms with E-state index in [-0.39, 0.29) is 11.6 Å². The van der Waals surface area contributed by atoms with Crippen LogP contribution < -0.4 is 5.32 Å². The number of para-hydroxylation sites is 1. The minimum absolute atomic E-state index is 0.0207. The maximum Gasteiger partial charge on any atom is 0.270 e. The summed E-state index contributed by atoms with van der Waals surface area (Å²) in [6.45, 7) is 3.86. The topological polar surface area (TPSA) is 102 Å². The number of aromatic nitrogens is 3. The summed E-state index contributed by atoms with van der Waals surface area (Å²) in [7, 11) is 0. The molecule has 0 spiro atoms. The van der Waals surface area contributed by atoms with E-state index in [1.165, 1.54) is 22.8 Å². The van der Waals surface area contributed by atoms with Gasteiger partial charge in [-0.25, -0.2) is 9.50 Å². The zero-order valence-corrected chi connectivity index (χ0v) is 15.8. The first-order valence-electron chi connectivity index (χ1n) is 8.91. The number of nitrogens with zero attached hydrogens (tertiary/aromatic N) is 4. The van der Waals surface area contributed by atoms with Crippen LogP contribution in [-0.4, -0.2) is 25.4 Å². The molecular weight excluding hydrogens is 370 g/mol. The Kier molecular flexibility index (Phi) is 4.52. The number of aryl methyl sites for hydroxylation is 2. The van der Waals surface area contributed by atoms with Gasteiger partial charge in [0.15, 0.2) is 5.65 Å². The van der Waals surface area contributed by atoms with Crippen molar-refractivity contribution >= 4 is 22.9 Å². The first-order chi connectivity index (χ1) is 14.0. The third-order valence-electron chi connectivity index (χ3n) is 4.72. The van der Waals surface area contributed by atoms with E-state index >= 15 is 0 Å². The molecule has 1 amide bonds. The third-order valence-corrected chi connectivity index (χ3v) is 4.72. The average molecular weight is 387 g/mol. The lowest BCUT2D eigenvalue weighted by molar-refractivity contribution is -0.384. The second kappa shape index (κ2) is 7.16. The molecule has 29 heavy (non-hydrogen) atoms. The van der Waals surface area contributed by atoms with Crippen LogP contribution >= 0.6 is 0 Å². The summed E-state index contributed by atoms with van der Waals surface area (Å²) in [5.41, 5.74) is 4.55. The van der Waals surface area contributed by atoms with Crippen molar-refractivity contribution in [2.75, 3.05) is 5.32 Å². The number of anilines is 1. The van der Waals surface area contributed by atoms with Crippen LogP contribution in [0.1, 0.15) is 21.5 Å². The Labute approximate surface area is 166 Å². The zero-order chi connectivity index (χ0) is 20.5. The summed E-state index contributed by atoms with van der Waals surface area (Å²) in [5.74, 6) is -0.318. The first-order valence-corrected chi connectivity index (χ1v) is 8.91. The van der Waals surface area contributed by atoms with Crippen molar-refractivity contribution in [3.63, 3.8) is 0 Å². The van der Waals surface area contributed by atoms with Gasteiger partial charge < -0.3 is 5.32 Å². The number of nitrogens with one attached hydrogen (secondary N) is 1. The minimum Gasteiger partial charge on any atom is -0.321 e. The van der Waals surface area contributed by atoms with Crippen molar-refractivity contribution in [2.45, 2.75) is 13.8 Å². The van der Waals surface area contributed by atoms with Gasteiger partial charge >= 0.3 is 0 Å². The van der Waals surface area contributed by atoms with Crippen molar-refractivity contribution in [1.82, 2.24) is 14.6 Å². The molecule has 0 bridgehead atoms. The molecule has 0 aliphatic rings. The van der Waals surface area contributed by atoms with E-state index in [2.05, 4.69) is 15.4 Å². The number of nitro benzene ring substituents is 1. The van der Waals surface area contributed by atoms with Gasteiger partial charge in [-0.05, 0) is 31.0 Å². The number of non-ortho nitro benzene ring substituents is 1. The fourth-order valence-electron chi connectivity index (χ4n) is 3.24. The van der Waals surface area contributed by atoms with Crippen LogP contribution in [-0.2, 0) is 0 Å². The second-order valence-corrected chi connectivity index (χ2v) is 6.65. The largest absolute Gasteiger partial charge is 0.321 e. The van der Waals surface area contributed by atoms with Crippen molar-refractivity contribution in [1.29, 1.82) is 0 Å². The second-order valence-electron chi connectivity index (χ2n) is 6.65. The predicted octanol–water partition coefficient (Wildman–Crippen LogP) is 4.17. The van der Waals surface area contributed by atoms with Crippen molar-refractivity contribution in [3.05, 3.63) is 87.7 Å². The van der Waals surface area contributed by atoms with Crippen LogP contribution in [0.5, 0.6) is 0 Å². The SMILES string of the molecule is Cc1cccc(C)c1NC(=O)c1cnn2c(-c3cccc([N+](=O)[O-])c3)ccnc12. The van der Waals surface area contributed by atoms with Crippen LogP contribution in [0.25, 0.3) is 16.9 Å². The lowest BCUT2D eigenvalue weighted by Crippen LogP contribution is -2.14. The number of amides is 1. The van der Waals surface area contributed by atoms with Crippen molar-refractivity contribution in [2.24, 2.45) is 0 Å². The van der Waals surface area contributed by atoms with Crippen molar-refractivity contribution in [3.8, 4) is 11.3 Å². The molecule has 0 unspecified atom stereocenters. The Balaban J connectivity index is 1.75. The molecule has 0 saturated heterocycles. The number of rotatable bonds is 4. The Bertz CT molecular complexity index is 1240. The lowest BCUT2D eigenvalue weighted by atomic mass is 10.1. The number of hydrogen-bond acceptors (Lipinski definition) is 5. The van der Waals surface area contributed by atoms with Gasteiger partial charge in [-0.15, -0.1) is 0 Å². The molecule has 2 heterocycles. The molecule has 8 heteroatoms. The Morgan fingerprint density at radius 1 is 1.10 bits per heavy atom. The molecule has 4 rings (SSSR count). The maximum atomic E-state index is 12.9.